The van der Waals surface area contributed by atoms with Crippen LogP contribution in [0.2, 0.25) is 0 Å². The van der Waals surface area contributed by atoms with Crippen molar-refractivity contribution in [2.75, 3.05) is 32.2 Å². The van der Waals surface area contributed by atoms with Crippen LogP contribution >= 0.6 is 15.9 Å². The number of carbonyl (C=O) groups excluding carboxylic acids is 1. The first-order valence-corrected chi connectivity index (χ1v) is 6.76. The molecule has 110 valence electrons. The van der Waals surface area contributed by atoms with Gasteiger partial charge < -0.3 is 14.4 Å². The fourth-order valence-corrected chi connectivity index (χ4v) is 2.76. The standard InChI is InChI=1S/C13H14BrF2NO3/c1-19-11-6-10(17-4-3-13(15,16)7-17)9(14)5-8(11)12(18)20-2/h5-6H,3-4,7H2,1-2H3. The summed E-state index contributed by atoms with van der Waals surface area (Å²) in [6, 6.07) is 3.09. The van der Waals surface area contributed by atoms with Gasteiger partial charge in [0.15, 0.2) is 0 Å². The Hall–Kier alpha value is -1.37. The lowest BCUT2D eigenvalue weighted by Gasteiger charge is -2.21. The first-order valence-electron chi connectivity index (χ1n) is 5.96. The third-order valence-electron chi connectivity index (χ3n) is 3.18. The SMILES string of the molecule is COC(=O)c1cc(Br)c(N2CCC(F)(F)C2)cc1OC. The summed E-state index contributed by atoms with van der Waals surface area (Å²) in [4.78, 5) is 13.2. The van der Waals surface area contributed by atoms with Crippen LogP contribution in [0.15, 0.2) is 16.6 Å². The molecule has 7 heteroatoms. The normalized spacial score (nSPS) is 17.1. The topological polar surface area (TPSA) is 38.8 Å². The van der Waals surface area contributed by atoms with E-state index in [-0.39, 0.29) is 25.1 Å². The predicted octanol–water partition coefficient (Wildman–Crippen LogP) is 3.09. The van der Waals surface area contributed by atoms with E-state index >= 15 is 0 Å². The summed E-state index contributed by atoms with van der Waals surface area (Å²) >= 11 is 3.31. The van der Waals surface area contributed by atoms with E-state index in [1.54, 1.807) is 11.0 Å². The van der Waals surface area contributed by atoms with Crippen molar-refractivity contribution in [3.8, 4) is 5.75 Å². The molecule has 1 aliphatic rings. The second-order valence-electron chi connectivity index (χ2n) is 4.52. The lowest BCUT2D eigenvalue weighted by Crippen LogP contribution is -2.25. The van der Waals surface area contributed by atoms with Gasteiger partial charge in [-0.2, -0.15) is 0 Å². The van der Waals surface area contributed by atoms with Crippen molar-refractivity contribution in [1.29, 1.82) is 0 Å². The zero-order chi connectivity index (χ0) is 14.9. The van der Waals surface area contributed by atoms with Crippen molar-refractivity contribution in [3.05, 3.63) is 22.2 Å². The summed E-state index contributed by atoms with van der Waals surface area (Å²) in [5.74, 6) is -2.93. The van der Waals surface area contributed by atoms with Crippen molar-refractivity contribution in [1.82, 2.24) is 0 Å². The number of nitrogens with zero attached hydrogens (tertiary/aromatic N) is 1. The molecule has 0 saturated carbocycles. The van der Waals surface area contributed by atoms with Crippen LogP contribution in [0.4, 0.5) is 14.5 Å². The summed E-state index contributed by atoms with van der Waals surface area (Å²) in [6.45, 7) is -0.0847. The number of esters is 1. The smallest absolute Gasteiger partial charge is 0.341 e. The van der Waals surface area contributed by atoms with Gasteiger partial charge in [-0.15, -0.1) is 0 Å². The Morgan fingerprint density at radius 3 is 2.60 bits per heavy atom. The van der Waals surface area contributed by atoms with Crippen LogP contribution in [0.5, 0.6) is 5.75 Å². The van der Waals surface area contributed by atoms with Gasteiger partial charge in [0, 0.05) is 23.5 Å². The molecule has 1 heterocycles. The number of hydrogen-bond donors (Lipinski definition) is 0. The lowest BCUT2D eigenvalue weighted by molar-refractivity contribution is 0.0257. The van der Waals surface area contributed by atoms with Gasteiger partial charge in [0.25, 0.3) is 5.92 Å². The maximum Gasteiger partial charge on any atom is 0.341 e. The molecule has 1 aliphatic heterocycles. The van der Waals surface area contributed by atoms with E-state index in [4.69, 9.17) is 4.74 Å². The van der Waals surface area contributed by atoms with Gasteiger partial charge in [-0.05, 0) is 22.0 Å². The number of ether oxygens (including phenoxy) is 2. The largest absolute Gasteiger partial charge is 0.496 e. The van der Waals surface area contributed by atoms with E-state index in [2.05, 4.69) is 20.7 Å². The molecule has 0 amide bonds. The van der Waals surface area contributed by atoms with E-state index in [0.717, 1.165) is 0 Å². The summed E-state index contributed by atoms with van der Waals surface area (Å²) in [6.07, 6.45) is -0.180. The minimum atomic E-state index is -2.69. The maximum absolute atomic E-state index is 13.3. The van der Waals surface area contributed by atoms with E-state index in [9.17, 15) is 13.6 Å². The van der Waals surface area contributed by atoms with Crippen LogP contribution < -0.4 is 9.64 Å². The van der Waals surface area contributed by atoms with Crippen LogP contribution in [0.1, 0.15) is 16.8 Å². The fourth-order valence-electron chi connectivity index (χ4n) is 2.16. The van der Waals surface area contributed by atoms with Crippen LogP contribution in [-0.4, -0.2) is 39.2 Å². The minimum Gasteiger partial charge on any atom is -0.496 e. The van der Waals surface area contributed by atoms with Gasteiger partial charge in [-0.25, -0.2) is 13.6 Å². The summed E-state index contributed by atoms with van der Waals surface area (Å²) in [7, 11) is 2.68. The molecule has 0 unspecified atom stereocenters. The van der Waals surface area contributed by atoms with Crippen LogP contribution in [-0.2, 0) is 4.74 Å². The molecule has 20 heavy (non-hydrogen) atoms. The number of carbonyl (C=O) groups is 1. The first-order chi connectivity index (χ1) is 9.38. The van der Waals surface area contributed by atoms with Gasteiger partial charge in [0.05, 0.1) is 26.5 Å². The third-order valence-corrected chi connectivity index (χ3v) is 3.82. The molecule has 1 fully saturated rings. The summed E-state index contributed by atoms with van der Waals surface area (Å²) < 4.78 is 36.9. The number of halogens is 3. The monoisotopic (exact) mass is 349 g/mol. The maximum atomic E-state index is 13.3. The van der Waals surface area contributed by atoms with Crippen molar-refractivity contribution in [2.24, 2.45) is 0 Å². The van der Waals surface area contributed by atoms with Gasteiger partial charge in [-0.1, -0.05) is 0 Å². The van der Waals surface area contributed by atoms with E-state index in [1.807, 2.05) is 0 Å². The van der Waals surface area contributed by atoms with Gasteiger partial charge >= 0.3 is 5.97 Å². The van der Waals surface area contributed by atoms with E-state index in [1.165, 1.54) is 20.3 Å². The van der Waals surface area contributed by atoms with Crippen molar-refractivity contribution < 1.29 is 23.0 Å². The Kier molecular flexibility index (Phi) is 4.17. The number of anilines is 1. The second-order valence-corrected chi connectivity index (χ2v) is 5.38. The number of alkyl halides is 2. The minimum absolute atomic E-state index is 0.180. The number of methoxy groups -OCH3 is 2. The highest BCUT2D eigenvalue weighted by molar-refractivity contribution is 9.10. The third kappa shape index (κ3) is 2.87. The molecule has 1 aromatic rings. The van der Waals surface area contributed by atoms with Crippen LogP contribution in [0.25, 0.3) is 0 Å². The number of benzene rings is 1. The Morgan fingerprint density at radius 2 is 2.10 bits per heavy atom. The van der Waals surface area contributed by atoms with Gasteiger partial charge in [0.2, 0.25) is 0 Å². The highest BCUT2D eigenvalue weighted by Crippen LogP contribution is 2.38. The second kappa shape index (κ2) is 5.55. The molecule has 2 rings (SSSR count). The van der Waals surface area contributed by atoms with Gasteiger partial charge in [0.1, 0.15) is 11.3 Å². The van der Waals surface area contributed by atoms with Crippen molar-refractivity contribution in [3.63, 3.8) is 0 Å². The molecule has 1 aromatic carbocycles. The average Bonchev–Trinajstić information content (AvgIpc) is 2.77. The average molecular weight is 350 g/mol. The predicted molar refractivity (Wildman–Crippen MR) is 73.8 cm³/mol. The molecule has 0 spiro atoms. The molecule has 0 N–H and O–H groups in total. The lowest BCUT2D eigenvalue weighted by atomic mass is 10.1. The molecular weight excluding hydrogens is 336 g/mol. The van der Waals surface area contributed by atoms with E-state index in [0.29, 0.717) is 15.9 Å². The zero-order valence-corrected chi connectivity index (χ0v) is 12.7. The molecule has 0 atom stereocenters. The van der Waals surface area contributed by atoms with E-state index < -0.39 is 11.9 Å². The Labute approximate surface area is 123 Å². The molecule has 0 aromatic heterocycles. The van der Waals surface area contributed by atoms with Crippen molar-refractivity contribution in [2.45, 2.75) is 12.3 Å². The Morgan fingerprint density at radius 1 is 1.40 bits per heavy atom. The quantitative estimate of drug-likeness (QED) is 0.786. The molecule has 4 nitrogen and oxygen atoms in total. The highest BCUT2D eigenvalue weighted by atomic mass is 79.9. The van der Waals surface area contributed by atoms with Gasteiger partial charge in [-0.3, -0.25) is 0 Å². The van der Waals surface area contributed by atoms with Crippen LogP contribution in [0.3, 0.4) is 0 Å². The van der Waals surface area contributed by atoms with Crippen LogP contribution in [0, 0.1) is 0 Å². The summed E-state index contributed by atoms with van der Waals surface area (Å²) in [5.41, 5.74) is 0.822. The highest BCUT2D eigenvalue weighted by Gasteiger charge is 2.39. The Balaban J connectivity index is 2.39. The molecule has 1 saturated heterocycles. The molecular formula is C13H14BrF2NO3. The first kappa shape index (κ1) is 15.0. The number of hydrogen-bond acceptors (Lipinski definition) is 4. The zero-order valence-electron chi connectivity index (χ0n) is 11.1. The molecule has 0 aliphatic carbocycles. The summed E-state index contributed by atoms with van der Waals surface area (Å²) in [5, 5.41) is 0. The fraction of sp³-hybridized carbons (Fsp3) is 0.462. The number of rotatable bonds is 3. The van der Waals surface area contributed by atoms with Crippen molar-refractivity contribution >= 4 is 27.6 Å². The molecule has 0 bridgehead atoms. The Bertz CT molecular complexity index is 537. The molecule has 0 radical (unpaired) electrons.